The predicted molar refractivity (Wildman–Crippen MR) is 116 cm³/mol. The highest BCUT2D eigenvalue weighted by molar-refractivity contribution is 5.92. The Morgan fingerprint density at radius 3 is 2.59 bits per heavy atom. The van der Waals surface area contributed by atoms with Gasteiger partial charge in [0.25, 0.3) is 0 Å². The Morgan fingerprint density at radius 2 is 1.81 bits per heavy atom. The summed E-state index contributed by atoms with van der Waals surface area (Å²) in [5.41, 5.74) is 12.1. The molecule has 2 aromatic carbocycles. The van der Waals surface area contributed by atoms with E-state index in [0.717, 1.165) is 43.5 Å². The summed E-state index contributed by atoms with van der Waals surface area (Å²) in [7, 11) is 0. The number of aromatic nitrogens is 1. The first kappa shape index (κ1) is 19.5. The van der Waals surface area contributed by atoms with Gasteiger partial charge in [-0.15, -0.1) is 0 Å². The minimum Gasteiger partial charge on any atom is -0.493 e. The molecule has 0 atom stereocenters. The number of fused-ring (bicyclic) bond motifs is 1. The molecule has 0 saturated heterocycles. The molecule has 144 valence electrons. The summed E-state index contributed by atoms with van der Waals surface area (Å²) in [6, 6.07) is 15.2. The average Bonchev–Trinajstić information content (AvgIpc) is 3.05. The van der Waals surface area contributed by atoms with Gasteiger partial charge in [-0.3, -0.25) is 0 Å². The maximum Gasteiger partial charge on any atom is 0.128 e. The number of H-pyrrole nitrogens is 1. The molecule has 0 aliphatic carbocycles. The van der Waals surface area contributed by atoms with Crippen LogP contribution in [0, 0.1) is 0 Å². The van der Waals surface area contributed by atoms with Crippen LogP contribution in [0.25, 0.3) is 22.2 Å². The van der Waals surface area contributed by atoms with Crippen LogP contribution in [0.4, 0.5) is 0 Å². The Kier molecular flexibility index (Phi) is 6.94. The van der Waals surface area contributed by atoms with E-state index < -0.39 is 0 Å². The fraction of sp³-hybridized carbons (Fsp3) is 0.417. The minimum absolute atomic E-state index is 0.668. The van der Waals surface area contributed by atoms with Crippen molar-refractivity contribution in [2.45, 2.75) is 52.4 Å². The molecule has 3 N–H and O–H groups in total. The standard InChI is InChI=1S/C24H32N2O/c1-3-5-10-18-14-15-22-21(17-18)19(11-8-9-16-25)24(26-22)20-12-6-7-13-23(20)27-4-2/h6-7,12-15,17,26H,3-5,8-11,16,25H2,1-2H3. The predicted octanol–water partition coefficient (Wildman–Crippen LogP) is 5.86. The minimum atomic E-state index is 0.668. The molecular formula is C24H32N2O. The van der Waals surface area contributed by atoms with Crippen molar-refractivity contribution in [2.24, 2.45) is 5.73 Å². The molecule has 1 aromatic heterocycles. The smallest absolute Gasteiger partial charge is 0.128 e. The van der Waals surface area contributed by atoms with Crippen LogP contribution in [0.1, 0.15) is 50.7 Å². The van der Waals surface area contributed by atoms with Crippen molar-refractivity contribution in [3.8, 4) is 17.0 Å². The molecule has 3 heteroatoms. The van der Waals surface area contributed by atoms with E-state index in [4.69, 9.17) is 10.5 Å². The highest BCUT2D eigenvalue weighted by Crippen LogP contribution is 2.37. The zero-order valence-corrected chi connectivity index (χ0v) is 16.7. The van der Waals surface area contributed by atoms with Gasteiger partial charge >= 0.3 is 0 Å². The number of aromatic amines is 1. The molecule has 0 aliphatic heterocycles. The Bertz CT molecular complexity index is 866. The highest BCUT2D eigenvalue weighted by Gasteiger charge is 2.16. The Hall–Kier alpha value is -2.26. The number of nitrogens with two attached hydrogens (primary N) is 1. The third kappa shape index (κ3) is 4.54. The molecule has 0 amide bonds. The van der Waals surface area contributed by atoms with Gasteiger partial charge in [0.2, 0.25) is 0 Å². The first-order valence-electron chi connectivity index (χ1n) is 10.3. The fourth-order valence-electron chi connectivity index (χ4n) is 3.72. The molecule has 0 fully saturated rings. The lowest BCUT2D eigenvalue weighted by atomic mass is 9.98. The number of unbranched alkanes of at least 4 members (excludes halogenated alkanes) is 2. The van der Waals surface area contributed by atoms with Gasteiger partial charge in [-0.2, -0.15) is 0 Å². The van der Waals surface area contributed by atoms with Gasteiger partial charge in [0, 0.05) is 16.5 Å². The zero-order valence-electron chi connectivity index (χ0n) is 16.7. The van der Waals surface area contributed by atoms with Crippen LogP contribution in [0.5, 0.6) is 5.75 Å². The monoisotopic (exact) mass is 364 g/mol. The lowest BCUT2D eigenvalue weighted by molar-refractivity contribution is 0.341. The second kappa shape index (κ2) is 9.61. The van der Waals surface area contributed by atoms with E-state index in [9.17, 15) is 0 Å². The first-order valence-corrected chi connectivity index (χ1v) is 10.3. The zero-order chi connectivity index (χ0) is 19.1. The molecule has 3 nitrogen and oxygen atoms in total. The number of benzene rings is 2. The van der Waals surface area contributed by atoms with Crippen molar-refractivity contribution >= 4 is 10.9 Å². The summed E-state index contributed by atoms with van der Waals surface area (Å²) in [6.07, 6.45) is 6.79. The van der Waals surface area contributed by atoms with Gasteiger partial charge in [-0.25, -0.2) is 0 Å². The van der Waals surface area contributed by atoms with Crippen LogP contribution in [0.15, 0.2) is 42.5 Å². The topological polar surface area (TPSA) is 51.0 Å². The van der Waals surface area contributed by atoms with E-state index in [0.29, 0.717) is 6.61 Å². The van der Waals surface area contributed by atoms with Gasteiger partial charge < -0.3 is 15.5 Å². The van der Waals surface area contributed by atoms with E-state index in [1.807, 2.05) is 13.0 Å². The Balaban J connectivity index is 2.09. The van der Waals surface area contributed by atoms with Crippen molar-refractivity contribution < 1.29 is 4.74 Å². The molecule has 0 bridgehead atoms. The molecular weight excluding hydrogens is 332 g/mol. The number of nitrogens with one attached hydrogen (secondary N) is 1. The van der Waals surface area contributed by atoms with Gasteiger partial charge in [0.1, 0.15) is 5.75 Å². The summed E-state index contributed by atoms with van der Waals surface area (Å²) in [6.45, 7) is 5.69. The second-order valence-corrected chi connectivity index (χ2v) is 7.14. The van der Waals surface area contributed by atoms with Crippen LogP contribution in [0.3, 0.4) is 0 Å². The lowest BCUT2D eigenvalue weighted by Gasteiger charge is -2.11. The van der Waals surface area contributed by atoms with Crippen LogP contribution in [-0.2, 0) is 12.8 Å². The van der Waals surface area contributed by atoms with Crippen LogP contribution in [0.2, 0.25) is 0 Å². The van der Waals surface area contributed by atoms with Crippen LogP contribution in [-0.4, -0.2) is 18.1 Å². The summed E-state index contributed by atoms with van der Waals surface area (Å²) in [4.78, 5) is 3.68. The van der Waals surface area contributed by atoms with Crippen molar-refractivity contribution in [2.75, 3.05) is 13.2 Å². The number of para-hydroxylation sites is 1. The molecule has 0 aliphatic rings. The molecule has 0 saturated carbocycles. The van der Waals surface area contributed by atoms with Crippen molar-refractivity contribution in [3.05, 3.63) is 53.6 Å². The second-order valence-electron chi connectivity index (χ2n) is 7.14. The molecule has 1 heterocycles. The van der Waals surface area contributed by atoms with E-state index in [1.54, 1.807) is 0 Å². The quantitative estimate of drug-likeness (QED) is 0.443. The summed E-state index contributed by atoms with van der Waals surface area (Å²) in [5, 5.41) is 1.35. The molecule has 3 rings (SSSR count). The van der Waals surface area contributed by atoms with Crippen LogP contribution < -0.4 is 10.5 Å². The molecule has 27 heavy (non-hydrogen) atoms. The Labute approximate surface area is 162 Å². The van der Waals surface area contributed by atoms with Gasteiger partial charge in [0.15, 0.2) is 0 Å². The molecule has 0 spiro atoms. The maximum absolute atomic E-state index is 5.90. The first-order chi connectivity index (χ1) is 13.3. The lowest BCUT2D eigenvalue weighted by Crippen LogP contribution is -2.00. The number of hydrogen-bond acceptors (Lipinski definition) is 2. The third-order valence-electron chi connectivity index (χ3n) is 5.13. The third-order valence-corrected chi connectivity index (χ3v) is 5.13. The van der Waals surface area contributed by atoms with E-state index in [2.05, 4.69) is 48.3 Å². The summed E-state index contributed by atoms with van der Waals surface area (Å²) >= 11 is 0. The van der Waals surface area contributed by atoms with E-state index in [1.165, 1.54) is 40.6 Å². The summed E-state index contributed by atoms with van der Waals surface area (Å²) < 4.78 is 5.90. The van der Waals surface area contributed by atoms with Crippen molar-refractivity contribution in [1.29, 1.82) is 0 Å². The molecule has 0 unspecified atom stereocenters. The summed E-state index contributed by atoms with van der Waals surface area (Å²) in [5.74, 6) is 0.942. The largest absolute Gasteiger partial charge is 0.493 e. The van der Waals surface area contributed by atoms with E-state index in [-0.39, 0.29) is 0 Å². The number of rotatable bonds is 10. The maximum atomic E-state index is 5.90. The SMILES string of the molecule is CCCCc1ccc2[nH]c(-c3ccccc3OCC)c(CCCCN)c2c1. The van der Waals surface area contributed by atoms with Crippen LogP contribution >= 0.6 is 0 Å². The normalized spacial score (nSPS) is 11.2. The number of hydrogen-bond donors (Lipinski definition) is 2. The van der Waals surface area contributed by atoms with Crippen molar-refractivity contribution in [3.63, 3.8) is 0 Å². The number of aryl methyl sites for hydroxylation is 2. The van der Waals surface area contributed by atoms with Gasteiger partial charge in [0.05, 0.1) is 12.3 Å². The highest BCUT2D eigenvalue weighted by atomic mass is 16.5. The van der Waals surface area contributed by atoms with E-state index >= 15 is 0 Å². The molecule has 0 radical (unpaired) electrons. The van der Waals surface area contributed by atoms with Crippen molar-refractivity contribution in [1.82, 2.24) is 4.98 Å². The number of ether oxygens (including phenoxy) is 1. The Morgan fingerprint density at radius 1 is 0.963 bits per heavy atom. The fourth-order valence-corrected chi connectivity index (χ4v) is 3.72. The average molecular weight is 365 g/mol. The van der Waals surface area contributed by atoms with Gasteiger partial charge in [-0.05, 0) is 81.0 Å². The molecule has 3 aromatic rings. The van der Waals surface area contributed by atoms with Gasteiger partial charge in [-0.1, -0.05) is 31.5 Å².